The quantitative estimate of drug-likeness (QED) is 0.739. The van der Waals surface area contributed by atoms with E-state index in [4.69, 9.17) is 11.0 Å². The summed E-state index contributed by atoms with van der Waals surface area (Å²) in [4.78, 5) is 23.1. The van der Waals surface area contributed by atoms with Gasteiger partial charge in [-0.15, -0.1) is 0 Å². The number of hydrogen-bond donors (Lipinski definition) is 2. The molecule has 0 heterocycles. The summed E-state index contributed by atoms with van der Waals surface area (Å²) in [5.41, 5.74) is 5.07. The highest BCUT2D eigenvalue weighted by Gasteiger charge is 2.20. The third-order valence-electron chi connectivity index (χ3n) is 2.80. The minimum Gasteiger partial charge on any atom is -0.368 e. The zero-order chi connectivity index (χ0) is 15.0. The number of unbranched alkanes of at least 4 members (excludes halogenated alkanes) is 2. The number of primary amides is 1. The van der Waals surface area contributed by atoms with Gasteiger partial charge in [0, 0.05) is 6.42 Å². The average Bonchev–Trinajstić information content (AvgIpc) is 2.42. The second-order valence-electron chi connectivity index (χ2n) is 4.31. The van der Waals surface area contributed by atoms with Gasteiger partial charge in [0.2, 0.25) is 5.91 Å². The van der Waals surface area contributed by atoms with Gasteiger partial charge in [0.1, 0.15) is 11.9 Å². The van der Waals surface area contributed by atoms with Gasteiger partial charge >= 0.3 is 0 Å². The topological polar surface area (TPSA) is 96.0 Å². The Morgan fingerprint density at radius 1 is 1.35 bits per heavy atom. The van der Waals surface area contributed by atoms with Crippen molar-refractivity contribution in [1.29, 1.82) is 5.26 Å². The molecular formula is C14H16FN3O2. The van der Waals surface area contributed by atoms with E-state index in [-0.39, 0.29) is 5.56 Å². The fraction of sp³-hybridized carbons (Fsp3) is 0.357. The molecule has 0 saturated heterocycles. The van der Waals surface area contributed by atoms with Crippen LogP contribution in [-0.2, 0) is 4.79 Å². The third kappa shape index (κ3) is 4.69. The number of nitrogens with one attached hydrogen (secondary N) is 1. The van der Waals surface area contributed by atoms with E-state index in [9.17, 15) is 14.0 Å². The number of carbonyl (C=O) groups is 2. The molecule has 0 spiro atoms. The van der Waals surface area contributed by atoms with Crippen LogP contribution in [0.1, 0.15) is 36.0 Å². The molecule has 0 saturated carbocycles. The molecule has 0 unspecified atom stereocenters. The first-order valence-electron chi connectivity index (χ1n) is 6.28. The molecule has 1 aromatic carbocycles. The lowest BCUT2D eigenvalue weighted by atomic mass is 10.1. The van der Waals surface area contributed by atoms with E-state index in [1.165, 1.54) is 24.3 Å². The number of amides is 2. The Kier molecular flexibility index (Phi) is 6.17. The Morgan fingerprint density at radius 3 is 2.65 bits per heavy atom. The van der Waals surface area contributed by atoms with Crippen molar-refractivity contribution in [3.63, 3.8) is 0 Å². The van der Waals surface area contributed by atoms with E-state index in [1.807, 2.05) is 6.07 Å². The first-order chi connectivity index (χ1) is 9.56. The molecule has 0 bridgehead atoms. The Bertz CT molecular complexity index is 525. The van der Waals surface area contributed by atoms with Crippen molar-refractivity contribution in [2.45, 2.75) is 31.7 Å². The minimum absolute atomic E-state index is 0.129. The SMILES string of the molecule is N#CCCCC[C@@H](NC(=O)c1ccccc1F)C(N)=O. The van der Waals surface area contributed by atoms with Gasteiger partial charge < -0.3 is 11.1 Å². The summed E-state index contributed by atoms with van der Waals surface area (Å²) in [6, 6.07) is 6.63. The second kappa shape index (κ2) is 7.89. The van der Waals surface area contributed by atoms with E-state index in [0.29, 0.717) is 25.7 Å². The Hall–Kier alpha value is -2.42. The van der Waals surface area contributed by atoms with Crippen LogP contribution >= 0.6 is 0 Å². The van der Waals surface area contributed by atoms with Crippen molar-refractivity contribution < 1.29 is 14.0 Å². The molecule has 0 radical (unpaired) electrons. The molecule has 0 aromatic heterocycles. The summed E-state index contributed by atoms with van der Waals surface area (Å²) in [6.07, 6.45) is 1.92. The smallest absolute Gasteiger partial charge is 0.254 e. The van der Waals surface area contributed by atoms with Crippen molar-refractivity contribution in [3.8, 4) is 6.07 Å². The molecular weight excluding hydrogens is 261 g/mol. The maximum Gasteiger partial charge on any atom is 0.254 e. The maximum atomic E-state index is 13.4. The lowest BCUT2D eigenvalue weighted by Crippen LogP contribution is -2.44. The Balaban J connectivity index is 2.62. The lowest BCUT2D eigenvalue weighted by Gasteiger charge is -2.15. The minimum atomic E-state index is -0.860. The van der Waals surface area contributed by atoms with Gasteiger partial charge in [-0.1, -0.05) is 12.1 Å². The molecule has 6 heteroatoms. The van der Waals surface area contributed by atoms with E-state index in [0.717, 1.165) is 0 Å². The molecule has 1 atom stereocenters. The molecule has 0 aliphatic rings. The Labute approximate surface area is 116 Å². The van der Waals surface area contributed by atoms with Crippen LogP contribution in [0.5, 0.6) is 0 Å². The molecule has 106 valence electrons. The average molecular weight is 277 g/mol. The molecule has 3 N–H and O–H groups in total. The fourth-order valence-corrected chi connectivity index (χ4v) is 1.72. The molecule has 2 amide bonds. The van der Waals surface area contributed by atoms with Crippen LogP contribution in [0.15, 0.2) is 24.3 Å². The summed E-state index contributed by atoms with van der Waals surface area (Å²) >= 11 is 0. The number of rotatable bonds is 7. The van der Waals surface area contributed by atoms with Gasteiger partial charge in [0.05, 0.1) is 11.6 Å². The van der Waals surface area contributed by atoms with Crippen LogP contribution in [0.4, 0.5) is 4.39 Å². The zero-order valence-corrected chi connectivity index (χ0v) is 10.9. The van der Waals surface area contributed by atoms with Crippen molar-refractivity contribution in [2.24, 2.45) is 5.73 Å². The third-order valence-corrected chi connectivity index (χ3v) is 2.80. The van der Waals surface area contributed by atoms with Gasteiger partial charge in [-0.25, -0.2) is 4.39 Å². The summed E-state index contributed by atoms with van der Waals surface area (Å²) in [5.74, 6) is -2.00. The van der Waals surface area contributed by atoms with Crippen molar-refractivity contribution in [1.82, 2.24) is 5.32 Å². The molecule has 0 aliphatic heterocycles. The number of nitriles is 1. The summed E-state index contributed by atoms with van der Waals surface area (Å²) < 4.78 is 13.4. The summed E-state index contributed by atoms with van der Waals surface area (Å²) in [5, 5.41) is 10.8. The van der Waals surface area contributed by atoms with Gasteiger partial charge in [-0.3, -0.25) is 9.59 Å². The predicted molar refractivity (Wildman–Crippen MR) is 70.9 cm³/mol. The molecule has 20 heavy (non-hydrogen) atoms. The first-order valence-corrected chi connectivity index (χ1v) is 6.28. The van der Waals surface area contributed by atoms with E-state index in [1.54, 1.807) is 0 Å². The van der Waals surface area contributed by atoms with E-state index in [2.05, 4.69) is 5.32 Å². The van der Waals surface area contributed by atoms with E-state index < -0.39 is 23.7 Å². The van der Waals surface area contributed by atoms with Crippen LogP contribution in [0.25, 0.3) is 0 Å². The van der Waals surface area contributed by atoms with E-state index >= 15 is 0 Å². The maximum absolute atomic E-state index is 13.4. The summed E-state index contributed by atoms with van der Waals surface area (Å²) in [6.45, 7) is 0. The number of hydrogen-bond acceptors (Lipinski definition) is 3. The molecule has 0 aliphatic carbocycles. The number of nitrogens with two attached hydrogens (primary N) is 1. The number of nitrogens with zero attached hydrogens (tertiary/aromatic N) is 1. The van der Waals surface area contributed by atoms with Crippen LogP contribution in [0.3, 0.4) is 0 Å². The lowest BCUT2D eigenvalue weighted by molar-refractivity contribution is -0.120. The summed E-state index contributed by atoms with van der Waals surface area (Å²) in [7, 11) is 0. The molecule has 1 rings (SSSR count). The van der Waals surface area contributed by atoms with Crippen LogP contribution < -0.4 is 11.1 Å². The number of halogens is 1. The molecule has 1 aromatic rings. The molecule has 0 fully saturated rings. The monoisotopic (exact) mass is 277 g/mol. The van der Waals surface area contributed by atoms with Crippen molar-refractivity contribution >= 4 is 11.8 Å². The van der Waals surface area contributed by atoms with Crippen LogP contribution in [0, 0.1) is 17.1 Å². The standard InChI is InChI=1S/C14H16FN3O2/c15-11-7-4-3-6-10(11)14(20)18-12(13(17)19)8-2-1-5-9-16/h3-4,6-7,12H,1-2,5,8H2,(H2,17,19)(H,18,20)/t12-/m1/s1. The Morgan fingerprint density at radius 2 is 2.05 bits per heavy atom. The largest absolute Gasteiger partial charge is 0.368 e. The highest BCUT2D eigenvalue weighted by atomic mass is 19.1. The van der Waals surface area contributed by atoms with Crippen LogP contribution in [0.2, 0.25) is 0 Å². The second-order valence-corrected chi connectivity index (χ2v) is 4.31. The van der Waals surface area contributed by atoms with Gasteiger partial charge in [0.25, 0.3) is 5.91 Å². The fourth-order valence-electron chi connectivity index (χ4n) is 1.72. The predicted octanol–water partition coefficient (Wildman–Crippen LogP) is 1.49. The van der Waals surface area contributed by atoms with Gasteiger partial charge in [-0.05, 0) is 31.4 Å². The highest BCUT2D eigenvalue weighted by molar-refractivity contribution is 5.97. The number of benzene rings is 1. The highest BCUT2D eigenvalue weighted by Crippen LogP contribution is 2.08. The zero-order valence-electron chi connectivity index (χ0n) is 10.9. The van der Waals surface area contributed by atoms with Crippen molar-refractivity contribution in [3.05, 3.63) is 35.6 Å². The van der Waals surface area contributed by atoms with Gasteiger partial charge in [-0.2, -0.15) is 5.26 Å². The van der Waals surface area contributed by atoms with Crippen LogP contribution in [-0.4, -0.2) is 17.9 Å². The first kappa shape index (κ1) is 15.6. The number of carbonyl (C=O) groups excluding carboxylic acids is 2. The van der Waals surface area contributed by atoms with Gasteiger partial charge in [0.15, 0.2) is 0 Å². The normalized spacial score (nSPS) is 11.4. The molecule has 5 nitrogen and oxygen atoms in total. The van der Waals surface area contributed by atoms with Crippen molar-refractivity contribution in [2.75, 3.05) is 0 Å².